The Kier molecular flexibility index (Phi) is 7.78. The van der Waals surface area contributed by atoms with Crippen molar-refractivity contribution in [2.75, 3.05) is 0 Å². The summed E-state index contributed by atoms with van der Waals surface area (Å²) in [7, 11) is 0. The van der Waals surface area contributed by atoms with Gasteiger partial charge in [-0.2, -0.15) is 0 Å². The highest BCUT2D eigenvalue weighted by molar-refractivity contribution is 6.15. The van der Waals surface area contributed by atoms with E-state index in [0.29, 0.717) is 17.5 Å². The molecule has 0 aliphatic rings. The van der Waals surface area contributed by atoms with Crippen molar-refractivity contribution in [2.45, 2.75) is 0 Å². The predicted molar refractivity (Wildman–Crippen MR) is 235 cm³/mol. The molecule has 266 valence electrons. The van der Waals surface area contributed by atoms with Gasteiger partial charge in [0.05, 0.1) is 0 Å². The summed E-state index contributed by atoms with van der Waals surface area (Å²) in [6.45, 7) is 0. The number of hydrogen-bond acceptors (Lipinski definition) is 4. The lowest BCUT2D eigenvalue weighted by Gasteiger charge is -2.12. The summed E-state index contributed by atoms with van der Waals surface area (Å²) < 4.78 is 6.80. The molecule has 2 aromatic heterocycles. The highest BCUT2D eigenvalue weighted by Crippen LogP contribution is 2.42. The fourth-order valence-electron chi connectivity index (χ4n) is 8.12. The summed E-state index contributed by atoms with van der Waals surface area (Å²) in [5, 5.41) is 6.71. The van der Waals surface area contributed by atoms with E-state index in [1.807, 2.05) is 42.5 Å². The second-order valence-electron chi connectivity index (χ2n) is 14.4. The van der Waals surface area contributed by atoms with E-state index < -0.39 is 0 Å². The summed E-state index contributed by atoms with van der Waals surface area (Å²) in [4.78, 5) is 15.4. The van der Waals surface area contributed by atoms with Crippen LogP contribution in [0.5, 0.6) is 0 Å². The zero-order valence-electron chi connectivity index (χ0n) is 30.8. The monoisotopic (exact) mass is 727 g/mol. The fraction of sp³-hybridized carbons (Fsp3) is 0. The first kappa shape index (κ1) is 32.7. The van der Waals surface area contributed by atoms with Crippen molar-refractivity contribution in [3.05, 3.63) is 200 Å². The molecular weight excluding hydrogens is 695 g/mol. The van der Waals surface area contributed by atoms with Crippen LogP contribution in [0.25, 0.3) is 111 Å². The molecule has 0 radical (unpaired) electrons. The van der Waals surface area contributed by atoms with Crippen molar-refractivity contribution in [3.63, 3.8) is 0 Å². The van der Waals surface area contributed by atoms with E-state index in [9.17, 15) is 0 Å². The molecule has 0 saturated carbocycles. The van der Waals surface area contributed by atoms with Gasteiger partial charge in [0.2, 0.25) is 0 Å². The van der Waals surface area contributed by atoms with Crippen LogP contribution in [-0.4, -0.2) is 15.0 Å². The third kappa shape index (κ3) is 5.83. The Morgan fingerprint density at radius 2 is 0.789 bits per heavy atom. The van der Waals surface area contributed by atoms with Gasteiger partial charge in [-0.15, -0.1) is 0 Å². The molecule has 0 fully saturated rings. The third-order valence-electron chi connectivity index (χ3n) is 10.9. The van der Waals surface area contributed by atoms with Crippen LogP contribution in [0.1, 0.15) is 0 Å². The molecule has 0 aliphatic heterocycles. The van der Waals surface area contributed by atoms with E-state index in [-0.39, 0.29) is 0 Å². The van der Waals surface area contributed by atoms with Crippen molar-refractivity contribution in [1.82, 2.24) is 15.0 Å². The Balaban J connectivity index is 1.10. The van der Waals surface area contributed by atoms with Crippen LogP contribution in [0.15, 0.2) is 205 Å². The molecule has 0 bridgehead atoms. The molecule has 11 aromatic rings. The predicted octanol–water partition coefficient (Wildman–Crippen LogP) is 14.1. The van der Waals surface area contributed by atoms with Gasteiger partial charge in [-0.05, 0) is 85.3 Å². The minimum atomic E-state index is 0.583. The highest BCUT2D eigenvalue weighted by atomic mass is 16.3. The van der Waals surface area contributed by atoms with Crippen molar-refractivity contribution < 1.29 is 4.42 Å². The molecule has 4 nitrogen and oxygen atoms in total. The Bertz CT molecular complexity index is 3260. The molecule has 4 heteroatoms. The number of hydrogen-bond donors (Lipinski definition) is 0. The van der Waals surface area contributed by atoms with Crippen LogP contribution >= 0.6 is 0 Å². The number of furan rings is 1. The van der Waals surface area contributed by atoms with Crippen LogP contribution in [0, 0.1) is 0 Å². The van der Waals surface area contributed by atoms with Crippen molar-refractivity contribution in [2.24, 2.45) is 0 Å². The summed E-state index contributed by atoms with van der Waals surface area (Å²) >= 11 is 0. The Hall–Kier alpha value is -7.69. The molecule has 57 heavy (non-hydrogen) atoms. The first-order valence-corrected chi connectivity index (χ1v) is 19.2. The molecule has 0 spiro atoms. The van der Waals surface area contributed by atoms with Gasteiger partial charge in [-0.1, -0.05) is 170 Å². The summed E-state index contributed by atoms with van der Waals surface area (Å²) in [5.41, 5.74) is 11.2. The van der Waals surface area contributed by atoms with E-state index in [1.54, 1.807) is 0 Å². The summed E-state index contributed by atoms with van der Waals surface area (Å²) in [5.74, 6) is 1.82. The van der Waals surface area contributed by atoms with Gasteiger partial charge in [-0.3, -0.25) is 0 Å². The van der Waals surface area contributed by atoms with Gasteiger partial charge in [-0.25, -0.2) is 15.0 Å². The zero-order valence-corrected chi connectivity index (χ0v) is 30.8. The normalized spacial score (nSPS) is 11.5. The number of fused-ring (bicyclic) bond motifs is 6. The fourth-order valence-corrected chi connectivity index (χ4v) is 8.12. The van der Waals surface area contributed by atoms with Gasteiger partial charge < -0.3 is 4.42 Å². The van der Waals surface area contributed by atoms with Gasteiger partial charge >= 0.3 is 0 Å². The first-order valence-electron chi connectivity index (χ1n) is 19.2. The zero-order chi connectivity index (χ0) is 37.7. The van der Waals surface area contributed by atoms with Gasteiger partial charge in [0.25, 0.3) is 0 Å². The van der Waals surface area contributed by atoms with E-state index in [4.69, 9.17) is 19.4 Å². The van der Waals surface area contributed by atoms with Gasteiger partial charge in [0, 0.05) is 27.5 Å². The Morgan fingerprint density at radius 3 is 1.51 bits per heavy atom. The smallest absolute Gasteiger partial charge is 0.164 e. The van der Waals surface area contributed by atoms with Crippen LogP contribution < -0.4 is 0 Å². The lowest BCUT2D eigenvalue weighted by Crippen LogP contribution is -2.00. The van der Waals surface area contributed by atoms with Crippen LogP contribution in [-0.2, 0) is 0 Å². The third-order valence-corrected chi connectivity index (χ3v) is 10.9. The Labute approximate surface area is 329 Å². The number of aromatic nitrogens is 3. The minimum Gasteiger partial charge on any atom is -0.456 e. The molecule has 0 aliphatic carbocycles. The largest absolute Gasteiger partial charge is 0.456 e. The minimum absolute atomic E-state index is 0.583. The first-order chi connectivity index (χ1) is 28.2. The van der Waals surface area contributed by atoms with Crippen LogP contribution in [0.3, 0.4) is 0 Å². The molecule has 9 aromatic carbocycles. The lowest BCUT2D eigenvalue weighted by molar-refractivity contribution is 0.669. The molecule has 0 unspecified atom stereocenters. The number of nitrogens with zero attached hydrogens (tertiary/aromatic N) is 3. The molecule has 11 rings (SSSR count). The lowest BCUT2D eigenvalue weighted by atomic mass is 9.93. The standard InChI is InChI=1S/C53H33N3O/c1-4-14-34(15-5-1)36-24-26-37(27-25-36)46-31-41(35-16-6-2-7-17-35)33-49-50(46)45-29-28-40(32-48(45)57-49)52-54-51(38-18-8-3-9-19-38)55-53(56-52)47-30-39-20-10-11-21-42(39)43-22-12-13-23-44(43)47/h1-33H. The number of benzene rings is 9. The quantitative estimate of drug-likeness (QED) is 0.160. The molecular formula is C53H33N3O. The van der Waals surface area contributed by atoms with Gasteiger partial charge in [0.15, 0.2) is 17.5 Å². The van der Waals surface area contributed by atoms with E-state index in [0.717, 1.165) is 77.0 Å². The molecule has 0 atom stereocenters. The summed E-state index contributed by atoms with van der Waals surface area (Å²) in [6, 6.07) is 69.9. The maximum Gasteiger partial charge on any atom is 0.164 e. The van der Waals surface area contributed by atoms with E-state index >= 15 is 0 Å². The average Bonchev–Trinajstić information content (AvgIpc) is 3.67. The Morgan fingerprint density at radius 1 is 0.281 bits per heavy atom. The molecule has 0 N–H and O–H groups in total. The average molecular weight is 728 g/mol. The van der Waals surface area contributed by atoms with Crippen molar-refractivity contribution in [1.29, 1.82) is 0 Å². The second-order valence-corrected chi connectivity index (χ2v) is 14.4. The summed E-state index contributed by atoms with van der Waals surface area (Å²) in [6.07, 6.45) is 0. The SMILES string of the molecule is c1ccc(-c2ccc(-c3cc(-c4ccccc4)cc4oc5cc(-c6nc(-c7ccccc7)nc(-c7cc8ccccc8c8ccccc78)n6)ccc5c34)cc2)cc1. The van der Waals surface area contributed by atoms with Crippen molar-refractivity contribution >= 4 is 43.5 Å². The topological polar surface area (TPSA) is 51.8 Å². The van der Waals surface area contributed by atoms with E-state index in [2.05, 4.69) is 158 Å². The van der Waals surface area contributed by atoms with Crippen molar-refractivity contribution in [3.8, 4) is 67.5 Å². The van der Waals surface area contributed by atoms with Gasteiger partial charge in [0.1, 0.15) is 11.2 Å². The number of rotatable bonds is 6. The van der Waals surface area contributed by atoms with Crippen LogP contribution in [0.2, 0.25) is 0 Å². The molecule has 0 saturated heterocycles. The second kappa shape index (κ2) is 13.6. The molecule has 2 heterocycles. The maximum absolute atomic E-state index is 6.80. The van der Waals surface area contributed by atoms with E-state index in [1.165, 1.54) is 16.5 Å². The van der Waals surface area contributed by atoms with Crippen LogP contribution in [0.4, 0.5) is 0 Å². The molecule has 0 amide bonds. The maximum atomic E-state index is 6.80. The highest BCUT2D eigenvalue weighted by Gasteiger charge is 2.19.